The molecule has 0 amide bonds. The fourth-order valence-electron chi connectivity index (χ4n) is 2.07. The Morgan fingerprint density at radius 2 is 1.82 bits per heavy atom. The van der Waals surface area contributed by atoms with Crippen LogP contribution in [0.15, 0.2) is 54.9 Å². The molecule has 0 atom stereocenters. The molecule has 82 valence electrons. The number of nitrogens with zero attached hydrogens (tertiary/aromatic N) is 2. The molecule has 2 aromatic heterocycles. The van der Waals surface area contributed by atoms with Crippen molar-refractivity contribution in [3.05, 3.63) is 60.6 Å². The number of aryl methyl sites for hydroxylation is 1. The van der Waals surface area contributed by atoms with Gasteiger partial charge in [-0.15, -0.1) is 0 Å². The summed E-state index contributed by atoms with van der Waals surface area (Å²) in [6.07, 6.45) is 3.63. The van der Waals surface area contributed by atoms with Crippen molar-refractivity contribution in [2.45, 2.75) is 6.92 Å². The molecule has 0 saturated heterocycles. The molecule has 0 saturated carbocycles. The second-order valence-corrected chi connectivity index (χ2v) is 4.07. The van der Waals surface area contributed by atoms with Crippen LogP contribution in [0.4, 0.5) is 0 Å². The van der Waals surface area contributed by atoms with Gasteiger partial charge in [-0.1, -0.05) is 30.3 Å². The van der Waals surface area contributed by atoms with E-state index in [0.717, 1.165) is 16.6 Å². The normalized spacial score (nSPS) is 10.6. The highest BCUT2D eigenvalue weighted by Crippen LogP contribution is 2.27. The molecule has 0 radical (unpaired) electrons. The molecule has 0 bridgehead atoms. The molecule has 2 heterocycles. The first-order valence-corrected chi connectivity index (χ1v) is 5.61. The van der Waals surface area contributed by atoms with Gasteiger partial charge in [-0.05, 0) is 30.2 Å². The van der Waals surface area contributed by atoms with E-state index < -0.39 is 0 Å². The minimum Gasteiger partial charge on any atom is -0.262 e. The van der Waals surface area contributed by atoms with Crippen molar-refractivity contribution in [3.8, 4) is 11.1 Å². The van der Waals surface area contributed by atoms with Crippen molar-refractivity contribution in [3.63, 3.8) is 0 Å². The van der Waals surface area contributed by atoms with Crippen LogP contribution in [0.5, 0.6) is 0 Å². The summed E-state index contributed by atoms with van der Waals surface area (Å²) in [5.74, 6) is 0. The molecule has 0 aliphatic carbocycles. The Morgan fingerprint density at radius 3 is 2.65 bits per heavy atom. The molecule has 0 aliphatic rings. The first kappa shape index (κ1) is 9.97. The number of hydrogen-bond acceptors (Lipinski definition) is 2. The third-order valence-corrected chi connectivity index (χ3v) is 2.83. The molecule has 3 aromatic rings. The van der Waals surface area contributed by atoms with Crippen molar-refractivity contribution in [2.75, 3.05) is 0 Å². The zero-order chi connectivity index (χ0) is 11.7. The fraction of sp³-hybridized carbons (Fsp3) is 0.0667. The Bertz CT molecular complexity index is 660. The number of benzene rings is 1. The second kappa shape index (κ2) is 3.98. The Morgan fingerprint density at radius 1 is 1.00 bits per heavy atom. The van der Waals surface area contributed by atoms with E-state index in [1.54, 1.807) is 0 Å². The standard InChI is InChI=1S/C15H12N2/c1-11-9-14(12-5-3-2-4-6-12)13-7-8-16-10-15(13)17-11/h2-10H,1H3. The Labute approximate surface area is 100.0 Å². The molecule has 2 nitrogen and oxygen atoms in total. The van der Waals surface area contributed by atoms with Crippen molar-refractivity contribution in [2.24, 2.45) is 0 Å². The van der Waals surface area contributed by atoms with Gasteiger partial charge in [-0.3, -0.25) is 9.97 Å². The molecular weight excluding hydrogens is 208 g/mol. The lowest BCUT2D eigenvalue weighted by molar-refractivity contribution is 1.23. The summed E-state index contributed by atoms with van der Waals surface area (Å²) >= 11 is 0. The molecule has 0 aliphatic heterocycles. The number of fused-ring (bicyclic) bond motifs is 1. The maximum atomic E-state index is 4.50. The van der Waals surface area contributed by atoms with E-state index in [2.05, 4.69) is 40.3 Å². The van der Waals surface area contributed by atoms with Crippen LogP contribution in [0.25, 0.3) is 22.0 Å². The predicted octanol–water partition coefficient (Wildman–Crippen LogP) is 3.61. The maximum absolute atomic E-state index is 4.50. The van der Waals surface area contributed by atoms with Gasteiger partial charge in [0, 0.05) is 17.3 Å². The van der Waals surface area contributed by atoms with E-state index in [9.17, 15) is 0 Å². The molecule has 0 N–H and O–H groups in total. The van der Waals surface area contributed by atoms with Crippen molar-refractivity contribution in [1.82, 2.24) is 9.97 Å². The zero-order valence-corrected chi connectivity index (χ0v) is 9.59. The number of hydrogen-bond donors (Lipinski definition) is 0. The monoisotopic (exact) mass is 220 g/mol. The first-order chi connectivity index (χ1) is 8.34. The van der Waals surface area contributed by atoms with Crippen LogP contribution in [0.3, 0.4) is 0 Å². The topological polar surface area (TPSA) is 25.8 Å². The van der Waals surface area contributed by atoms with Crippen LogP contribution in [0.2, 0.25) is 0 Å². The van der Waals surface area contributed by atoms with Gasteiger partial charge in [0.15, 0.2) is 0 Å². The third-order valence-electron chi connectivity index (χ3n) is 2.83. The Balaban J connectivity index is 2.36. The molecule has 0 fully saturated rings. The van der Waals surface area contributed by atoms with Crippen LogP contribution in [0, 0.1) is 6.92 Å². The number of rotatable bonds is 1. The van der Waals surface area contributed by atoms with Crippen molar-refractivity contribution in [1.29, 1.82) is 0 Å². The van der Waals surface area contributed by atoms with Gasteiger partial charge >= 0.3 is 0 Å². The second-order valence-electron chi connectivity index (χ2n) is 4.07. The van der Waals surface area contributed by atoms with E-state index in [1.807, 2.05) is 31.5 Å². The first-order valence-electron chi connectivity index (χ1n) is 5.61. The number of aromatic nitrogens is 2. The molecule has 3 rings (SSSR count). The lowest BCUT2D eigenvalue weighted by Crippen LogP contribution is -1.88. The van der Waals surface area contributed by atoms with Crippen LogP contribution in [-0.2, 0) is 0 Å². The summed E-state index contributed by atoms with van der Waals surface area (Å²) in [7, 11) is 0. The van der Waals surface area contributed by atoms with Gasteiger partial charge in [0.05, 0.1) is 11.7 Å². The number of pyridine rings is 2. The van der Waals surface area contributed by atoms with Gasteiger partial charge in [-0.25, -0.2) is 0 Å². The highest BCUT2D eigenvalue weighted by atomic mass is 14.7. The summed E-state index contributed by atoms with van der Waals surface area (Å²) in [5.41, 5.74) is 4.40. The molecule has 0 spiro atoms. The van der Waals surface area contributed by atoms with Gasteiger partial charge in [-0.2, -0.15) is 0 Å². The van der Waals surface area contributed by atoms with E-state index in [4.69, 9.17) is 0 Å². The minimum absolute atomic E-state index is 0.950. The smallest absolute Gasteiger partial charge is 0.0894 e. The highest BCUT2D eigenvalue weighted by Gasteiger charge is 2.05. The molecular formula is C15H12N2. The predicted molar refractivity (Wildman–Crippen MR) is 69.7 cm³/mol. The molecule has 17 heavy (non-hydrogen) atoms. The SMILES string of the molecule is Cc1cc(-c2ccccc2)c2ccncc2n1. The van der Waals surface area contributed by atoms with Crippen molar-refractivity contribution >= 4 is 10.9 Å². The van der Waals surface area contributed by atoms with Gasteiger partial charge in [0.25, 0.3) is 0 Å². The van der Waals surface area contributed by atoms with Crippen LogP contribution >= 0.6 is 0 Å². The summed E-state index contributed by atoms with van der Waals surface area (Å²) in [5, 5.41) is 1.15. The van der Waals surface area contributed by atoms with E-state index >= 15 is 0 Å². The average molecular weight is 220 g/mol. The van der Waals surface area contributed by atoms with Crippen LogP contribution in [0.1, 0.15) is 5.69 Å². The molecule has 0 unspecified atom stereocenters. The summed E-state index contributed by atoms with van der Waals surface area (Å²) < 4.78 is 0. The van der Waals surface area contributed by atoms with E-state index in [0.29, 0.717) is 0 Å². The van der Waals surface area contributed by atoms with Crippen LogP contribution in [-0.4, -0.2) is 9.97 Å². The van der Waals surface area contributed by atoms with E-state index in [1.165, 1.54) is 11.1 Å². The highest BCUT2D eigenvalue weighted by molar-refractivity contribution is 5.94. The maximum Gasteiger partial charge on any atom is 0.0894 e. The lowest BCUT2D eigenvalue weighted by atomic mass is 10.0. The van der Waals surface area contributed by atoms with Crippen molar-refractivity contribution < 1.29 is 0 Å². The molecule has 1 aromatic carbocycles. The van der Waals surface area contributed by atoms with Gasteiger partial charge in [0.1, 0.15) is 0 Å². The summed E-state index contributed by atoms with van der Waals surface area (Å²) in [6, 6.07) is 14.5. The molecule has 2 heteroatoms. The largest absolute Gasteiger partial charge is 0.262 e. The van der Waals surface area contributed by atoms with Gasteiger partial charge in [0.2, 0.25) is 0 Å². The van der Waals surface area contributed by atoms with Gasteiger partial charge < -0.3 is 0 Å². The quantitative estimate of drug-likeness (QED) is 0.626. The fourth-order valence-corrected chi connectivity index (χ4v) is 2.07. The lowest BCUT2D eigenvalue weighted by Gasteiger charge is -2.07. The minimum atomic E-state index is 0.950. The zero-order valence-electron chi connectivity index (χ0n) is 9.59. The summed E-state index contributed by atoms with van der Waals surface area (Å²) in [6.45, 7) is 2.01. The Hall–Kier alpha value is -2.22. The van der Waals surface area contributed by atoms with E-state index in [-0.39, 0.29) is 0 Å². The summed E-state index contributed by atoms with van der Waals surface area (Å²) in [4.78, 5) is 8.63. The Kier molecular flexibility index (Phi) is 2.33. The average Bonchev–Trinajstić information content (AvgIpc) is 2.39. The van der Waals surface area contributed by atoms with Crippen LogP contribution < -0.4 is 0 Å². The third kappa shape index (κ3) is 1.78.